The van der Waals surface area contributed by atoms with Crippen LogP contribution >= 0.6 is 0 Å². The Labute approximate surface area is 93.5 Å². The van der Waals surface area contributed by atoms with E-state index in [9.17, 15) is 0 Å². The second-order valence-corrected chi connectivity index (χ2v) is 3.42. The molecule has 0 bridgehead atoms. The minimum absolute atomic E-state index is 0.203. The minimum atomic E-state index is 0.203. The Bertz CT molecular complexity index is 484. The SMILES string of the molecule is N#CCc1noc(CCc2ccccc2)n1. The van der Waals surface area contributed by atoms with E-state index < -0.39 is 0 Å². The van der Waals surface area contributed by atoms with E-state index in [1.165, 1.54) is 5.56 Å². The first-order chi connectivity index (χ1) is 7.88. The number of nitriles is 1. The van der Waals surface area contributed by atoms with E-state index in [0.717, 1.165) is 6.42 Å². The van der Waals surface area contributed by atoms with Crippen LogP contribution in [0.1, 0.15) is 17.3 Å². The molecule has 0 spiro atoms. The van der Waals surface area contributed by atoms with E-state index in [1.807, 2.05) is 24.3 Å². The van der Waals surface area contributed by atoms with Gasteiger partial charge in [0.1, 0.15) is 0 Å². The summed E-state index contributed by atoms with van der Waals surface area (Å²) in [6.07, 6.45) is 1.78. The van der Waals surface area contributed by atoms with Crippen LogP contribution in [0.3, 0.4) is 0 Å². The normalized spacial score (nSPS) is 9.94. The molecule has 0 N–H and O–H groups in total. The Morgan fingerprint density at radius 3 is 2.75 bits per heavy atom. The molecule has 1 aromatic carbocycles. The highest BCUT2D eigenvalue weighted by molar-refractivity contribution is 5.15. The summed E-state index contributed by atoms with van der Waals surface area (Å²) in [6, 6.07) is 12.1. The van der Waals surface area contributed by atoms with Crippen LogP contribution in [-0.4, -0.2) is 10.1 Å². The van der Waals surface area contributed by atoms with Crippen molar-refractivity contribution in [2.24, 2.45) is 0 Å². The summed E-state index contributed by atoms with van der Waals surface area (Å²) in [5.74, 6) is 1.06. The third kappa shape index (κ3) is 2.67. The lowest BCUT2D eigenvalue weighted by atomic mass is 10.1. The van der Waals surface area contributed by atoms with Gasteiger partial charge in [0.05, 0.1) is 12.5 Å². The molecular formula is C12H11N3O. The van der Waals surface area contributed by atoms with Gasteiger partial charge in [-0.3, -0.25) is 0 Å². The molecule has 0 fully saturated rings. The summed E-state index contributed by atoms with van der Waals surface area (Å²) in [4.78, 5) is 4.11. The maximum Gasteiger partial charge on any atom is 0.227 e. The molecule has 80 valence electrons. The monoisotopic (exact) mass is 213 g/mol. The lowest BCUT2D eigenvalue weighted by Gasteiger charge is -1.96. The highest BCUT2D eigenvalue weighted by Gasteiger charge is 2.05. The lowest BCUT2D eigenvalue weighted by molar-refractivity contribution is 0.374. The van der Waals surface area contributed by atoms with Gasteiger partial charge in [-0.05, 0) is 12.0 Å². The van der Waals surface area contributed by atoms with Crippen LogP contribution in [0, 0.1) is 11.3 Å². The molecule has 4 nitrogen and oxygen atoms in total. The van der Waals surface area contributed by atoms with Crippen molar-refractivity contribution in [2.75, 3.05) is 0 Å². The van der Waals surface area contributed by atoms with Crippen molar-refractivity contribution in [3.63, 3.8) is 0 Å². The summed E-state index contributed by atoms with van der Waals surface area (Å²) >= 11 is 0. The predicted molar refractivity (Wildman–Crippen MR) is 57.5 cm³/mol. The fraction of sp³-hybridized carbons (Fsp3) is 0.250. The topological polar surface area (TPSA) is 62.7 Å². The Morgan fingerprint density at radius 2 is 2.00 bits per heavy atom. The molecule has 2 aromatic rings. The highest BCUT2D eigenvalue weighted by atomic mass is 16.5. The first kappa shape index (κ1) is 10.4. The van der Waals surface area contributed by atoms with Crippen LogP contribution in [0.4, 0.5) is 0 Å². The molecule has 1 aromatic heterocycles. The average molecular weight is 213 g/mol. The smallest absolute Gasteiger partial charge is 0.227 e. The molecular weight excluding hydrogens is 202 g/mol. The van der Waals surface area contributed by atoms with Crippen molar-refractivity contribution in [3.8, 4) is 6.07 Å². The summed E-state index contributed by atoms with van der Waals surface area (Å²) in [7, 11) is 0. The minimum Gasteiger partial charge on any atom is -0.339 e. The fourth-order valence-electron chi connectivity index (χ4n) is 1.43. The predicted octanol–water partition coefficient (Wildman–Crippen LogP) is 1.92. The van der Waals surface area contributed by atoms with Crippen molar-refractivity contribution in [3.05, 3.63) is 47.6 Å². The molecule has 0 saturated heterocycles. The molecule has 1 heterocycles. The molecule has 0 unspecified atom stereocenters. The van der Waals surface area contributed by atoms with Crippen molar-refractivity contribution in [1.29, 1.82) is 5.26 Å². The summed E-state index contributed by atoms with van der Waals surface area (Å²) in [6.45, 7) is 0. The number of nitrogens with zero attached hydrogens (tertiary/aromatic N) is 3. The van der Waals surface area contributed by atoms with Gasteiger partial charge in [0.25, 0.3) is 0 Å². The van der Waals surface area contributed by atoms with E-state index in [2.05, 4.69) is 22.3 Å². The molecule has 0 aliphatic heterocycles. The zero-order valence-electron chi connectivity index (χ0n) is 8.76. The van der Waals surface area contributed by atoms with Gasteiger partial charge >= 0.3 is 0 Å². The molecule has 0 aliphatic carbocycles. The van der Waals surface area contributed by atoms with Gasteiger partial charge in [-0.2, -0.15) is 10.2 Å². The zero-order chi connectivity index (χ0) is 11.2. The van der Waals surface area contributed by atoms with Gasteiger partial charge in [0.2, 0.25) is 5.89 Å². The first-order valence-electron chi connectivity index (χ1n) is 5.11. The number of aromatic nitrogens is 2. The third-order valence-electron chi connectivity index (χ3n) is 2.22. The second kappa shape index (κ2) is 5.08. The number of hydrogen-bond acceptors (Lipinski definition) is 4. The molecule has 0 radical (unpaired) electrons. The maximum atomic E-state index is 8.47. The number of aryl methyl sites for hydroxylation is 2. The standard InChI is InChI=1S/C12H11N3O/c13-9-8-11-14-12(16-15-11)7-6-10-4-2-1-3-5-10/h1-5H,6-8H2. The Morgan fingerprint density at radius 1 is 1.19 bits per heavy atom. The van der Waals surface area contributed by atoms with Crippen LogP contribution < -0.4 is 0 Å². The van der Waals surface area contributed by atoms with Crippen LogP contribution in [0.5, 0.6) is 0 Å². The first-order valence-corrected chi connectivity index (χ1v) is 5.11. The average Bonchev–Trinajstić information content (AvgIpc) is 2.76. The van der Waals surface area contributed by atoms with Crippen molar-refractivity contribution in [1.82, 2.24) is 10.1 Å². The summed E-state index contributed by atoms with van der Waals surface area (Å²) in [5.41, 5.74) is 1.24. The zero-order valence-corrected chi connectivity index (χ0v) is 8.76. The summed E-state index contributed by atoms with van der Waals surface area (Å²) < 4.78 is 5.03. The lowest BCUT2D eigenvalue weighted by Crippen LogP contribution is -1.92. The highest BCUT2D eigenvalue weighted by Crippen LogP contribution is 2.05. The van der Waals surface area contributed by atoms with Gasteiger partial charge in [-0.25, -0.2) is 0 Å². The largest absolute Gasteiger partial charge is 0.339 e. The summed E-state index contributed by atoms with van der Waals surface area (Å²) in [5, 5.41) is 12.2. The molecule has 0 aliphatic rings. The van der Waals surface area contributed by atoms with Crippen LogP contribution in [-0.2, 0) is 19.3 Å². The van der Waals surface area contributed by atoms with Gasteiger partial charge in [-0.15, -0.1) is 0 Å². The van der Waals surface area contributed by atoms with Crippen molar-refractivity contribution >= 4 is 0 Å². The second-order valence-electron chi connectivity index (χ2n) is 3.42. The Kier molecular flexibility index (Phi) is 3.29. The molecule has 16 heavy (non-hydrogen) atoms. The van der Waals surface area contributed by atoms with Crippen LogP contribution in [0.15, 0.2) is 34.9 Å². The van der Waals surface area contributed by atoms with E-state index in [0.29, 0.717) is 18.1 Å². The van der Waals surface area contributed by atoms with E-state index in [4.69, 9.17) is 9.78 Å². The van der Waals surface area contributed by atoms with Crippen LogP contribution in [0.25, 0.3) is 0 Å². The molecule has 0 amide bonds. The number of rotatable bonds is 4. The Hall–Kier alpha value is -2.15. The van der Waals surface area contributed by atoms with Gasteiger partial charge in [0, 0.05) is 6.42 Å². The van der Waals surface area contributed by atoms with E-state index in [1.54, 1.807) is 0 Å². The maximum absolute atomic E-state index is 8.47. The molecule has 2 rings (SSSR count). The Balaban J connectivity index is 1.93. The fourth-order valence-corrected chi connectivity index (χ4v) is 1.43. The molecule has 0 atom stereocenters. The van der Waals surface area contributed by atoms with E-state index >= 15 is 0 Å². The van der Waals surface area contributed by atoms with Crippen LogP contribution in [0.2, 0.25) is 0 Å². The molecule has 4 heteroatoms. The number of hydrogen-bond donors (Lipinski definition) is 0. The number of benzene rings is 1. The van der Waals surface area contributed by atoms with Gasteiger partial charge in [-0.1, -0.05) is 35.5 Å². The third-order valence-corrected chi connectivity index (χ3v) is 2.22. The van der Waals surface area contributed by atoms with Gasteiger partial charge in [0.15, 0.2) is 5.82 Å². The van der Waals surface area contributed by atoms with Crippen molar-refractivity contribution in [2.45, 2.75) is 19.3 Å². The van der Waals surface area contributed by atoms with E-state index in [-0.39, 0.29) is 6.42 Å². The molecule has 0 saturated carbocycles. The quantitative estimate of drug-likeness (QED) is 0.778. The van der Waals surface area contributed by atoms with Crippen molar-refractivity contribution < 1.29 is 4.52 Å². The van der Waals surface area contributed by atoms with Gasteiger partial charge < -0.3 is 4.52 Å².